The minimum atomic E-state index is -0.959. The average molecular weight is 457 g/mol. The zero-order chi connectivity index (χ0) is 24.1. The van der Waals surface area contributed by atoms with E-state index in [-0.39, 0.29) is 11.7 Å². The number of benzene rings is 1. The highest BCUT2D eigenvalue weighted by atomic mass is 16.5. The molecule has 2 aromatic heterocycles. The normalized spacial score (nSPS) is 15.6. The number of hydrogen-bond acceptors (Lipinski definition) is 6. The summed E-state index contributed by atoms with van der Waals surface area (Å²) in [5, 5.41) is 9.85. The Morgan fingerprint density at radius 2 is 1.97 bits per heavy atom. The van der Waals surface area contributed by atoms with Gasteiger partial charge in [-0.15, -0.1) is 0 Å². The fourth-order valence-corrected chi connectivity index (χ4v) is 4.01. The molecule has 0 aliphatic carbocycles. The molecule has 174 valence electrons. The number of anilines is 1. The van der Waals surface area contributed by atoms with Crippen LogP contribution in [0, 0.1) is 18.8 Å². The van der Waals surface area contributed by atoms with Gasteiger partial charge in [-0.1, -0.05) is 24.0 Å². The molecule has 1 atom stereocenters. The van der Waals surface area contributed by atoms with E-state index in [0.717, 1.165) is 23.2 Å². The predicted octanol–water partition coefficient (Wildman–Crippen LogP) is 3.32. The minimum Gasteiger partial charge on any atom is -0.478 e. The van der Waals surface area contributed by atoms with Crippen LogP contribution in [0.1, 0.15) is 27.0 Å². The number of ether oxygens (including phenoxy) is 1. The van der Waals surface area contributed by atoms with Crippen LogP contribution in [0.4, 0.5) is 5.82 Å². The molecule has 3 aromatic rings. The van der Waals surface area contributed by atoms with Crippen molar-refractivity contribution in [3.8, 4) is 23.1 Å². The number of likely N-dealkylation sites (N-methyl/N-ethyl adjacent to an activating group) is 1. The van der Waals surface area contributed by atoms with E-state index in [1.54, 1.807) is 18.5 Å². The van der Waals surface area contributed by atoms with Gasteiger partial charge >= 0.3 is 5.97 Å². The molecule has 1 fully saturated rings. The summed E-state index contributed by atoms with van der Waals surface area (Å²) in [6.45, 7) is 4.53. The van der Waals surface area contributed by atoms with Gasteiger partial charge in [0.25, 0.3) is 0 Å². The zero-order valence-electron chi connectivity index (χ0n) is 19.7. The first-order chi connectivity index (χ1) is 16.4. The summed E-state index contributed by atoms with van der Waals surface area (Å²) in [6.07, 6.45) is 3.48. The summed E-state index contributed by atoms with van der Waals surface area (Å²) < 4.78 is 5.90. The zero-order valence-corrected chi connectivity index (χ0v) is 19.7. The van der Waals surface area contributed by atoms with Crippen molar-refractivity contribution < 1.29 is 14.6 Å². The number of aromatic carboxylic acids is 1. The molecule has 0 bridgehead atoms. The Balaban J connectivity index is 1.64. The van der Waals surface area contributed by atoms with Crippen molar-refractivity contribution >= 4 is 11.8 Å². The van der Waals surface area contributed by atoms with Crippen LogP contribution in [0.3, 0.4) is 0 Å². The minimum absolute atomic E-state index is 0.0413. The Hall–Kier alpha value is -3.73. The molecular weight excluding hydrogens is 428 g/mol. The smallest absolute Gasteiger partial charge is 0.336 e. The lowest BCUT2D eigenvalue weighted by Crippen LogP contribution is -2.47. The molecular formula is C27H28N4O3. The second-order valence-electron chi connectivity index (χ2n) is 8.58. The van der Waals surface area contributed by atoms with Crippen molar-refractivity contribution in [2.75, 3.05) is 45.2 Å². The number of nitrogens with zero attached hydrogens (tertiary/aromatic N) is 4. The SMILES string of the molecule is Cc1c(C(=O)O)cc(-c2ccc(C#Cc3cccnc3)cc2)nc1N1CCOC(CN(C)C)C1. The lowest BCUT2D eigenvalue weighted by molar-refractivity contribution is 0.0245. The molecule has 0 spiro atoms. The van der Waals surface area contributed by atoms with E-state index in [4.69, 9.17) is 9.72 Å². The molecule has 1 unspecified atom stereocenters. The Kier molecular flexibility index (Phi) is 7.21. The van der Waals surface area contributed by atoms with E-state index in [9.17, 15) is 9.90 Å². The standard InChI is InChI=1S/C27H28N4O3/c1-19-24(27(32)33)15-25(29-26(19)31-13-14-34-23(18-31)17-30(2)3)22-10-8-20(9-11-22)6-7-21-5-4-12-28-16-21/h4-5,8-12,15-16,23H,13-14,17-18H2,1-3H3,(H,32,33). The molecule has 1 N–H and O–H groups in total. The Morgan fingerprint density at radius 1 is 1.21 bits per heavy atom. The van der Waals surface area contributed by atoms with Gasteiger partial charge in [-0.2, -0.15) is 0 Å². The molecule has 1 aromatic carbocycles. The number of carboxylic acid groups (broad SMARTS) is 1. The number of rotatable bonds is 5. The van der Waals surface area contributed by atoms with Gasteiger partial charge in [-0.3, -0.25) is 4.98 Å². The lowest BCUT2D eigenvalue weighted by Gasteiger charge is -2.36. The monoisotopic (exact) mass is 456 g/mol. The van der Waals surface area contributed by atoms with Crippen LogP contribution in [0.2, 0.25) is 0 Å². The van der Waals surface area contributed by atoms with Gasteiger partial charge < -0.3 is 19.6 Å². The Morgan fingerprint density at radius 3 is 2.65 bits per heavy atom. The maximum absolute atomic E-state index is 12.0. The number of carboxylic acids is 1. The van der Waals surface area contributed by atoms with E-state index in [1.165, 1.54) is 0 Å². The molecule has 0 radical (unpaired) electrons. The summed E-state index contributed by atoms with van der Waals surface area (Å²) in [5.41, 5.74) is 4.10. The molecule has 4 rings (SSSR count). The summed E-state index contributed by atoms with van der Waals surface area (Å²) in [5.74, 6) is 5.96. The molecule has 1 aliphatic rings. The lowest BCUT2D eigenvalue weighted by atomic mass is 10.0. The van der Waals surface area contributed by atoms with E-state index in [2.05, 4.69) is 26.6 Å². The van der Waals surface area contributed by atoms with Gasteiger partial charge in [0.2, 0.25) is 0 Å². The largest absolute Gasteiger partial charge is 0.478 e. The van der Waals surface area contributed by atoms with Gasteiger partial charge in [-0.25, -0.2) is 9.78 Å². The molecule has 0 amide bonds. The number of hydrogen-bond donors (Lipinski definition) is 1. The third-order valence-corrected chi connectivity index (χ3v) is 5.68. The maximum atomic E-state index is 12.0. The summed E-state index contributed by atoms with van der Waals surface area (Å²) in [6, 6.07) is 13.1. The summed E-state index contributed by atoms with van der Waals surface area (Å²) >= 11 is 0. The van der Waals surface area contributed by atoms with Crippen LogP contribution >= 0.6 is 0 Å². The first kappa shape index (κ1) is 23.4. The number of morpholine rings is 1. The van der Waals surface area contributed by atoms with Crippen LogP contribution in [0.15, 0.2) is 54.9 Å². The molecule has 7 heteroatoms. The van der Waals surface area contributed by atoms with Gasteiger partial charge in [0.15, 0.2) is 0 Å². The molecule has 3 heterocycles. The summed E-state index contributed by atoms with van der Waals surface area (Å²) in [7, 11) is 4.03. The second-order valence-corrected chi connectivity index (χ2v) is 8.58. The van der Waals surface area contributed by atoms with E-state index >= 15 is 0 Å². The first-order valence-corrected chi connectivity index (χ1v) is 11.2. The maximum Gasteiger partial charge on any atom is 0.336 e. The molecule has 1 aliphatic heterocycles. The summed E-state index contributed by atoms with van der Waals surface area (Å²) in [4.78, 5) is 25.2. The number of pyridine rings is 2. The van der Waals surface area contributed by atoms with Gasteiger partial charge in [0.05, 0.1) is 24.0 Å². The van der Waals surface area contributed by atoms with Gasteiger partial charge in [0, 0.05) is 54.3 Å². The van der Waals surface area contributed by atoms with Crippen molar-refractivity contribution in [3.05, 3.63) is 77.1 Å². The molecule has 0 saturated carbocycles. The number of aromatic nitrogens is 2. The highest BCUT2D eigenvalue weighted by Crippen LogP contribution is 2.29. The van der Waals surface area contributed by atoms with Crippen molar-refractivity contribution in [3.63, 3.8) is 0 Å². The van der Waals surface area contributed by atoms with Crippen molar-refractivity contribution in [1.29, 1.82) is 0 Å². The van der Waals surface area contributed by atoms with Crippen LogP contribution in [-0.2, 0) is 4.74 Å². The van der Waals surface area contributed by atoms with Crippen LogP contribution < -0.4 is 4.90 Å². The quantitative estimate of drug-likeness (QED) is 0.590. The Bertz CT molecular complexity index is 1210. The third-order valence-electron chi connectivity index (χ3n) is 5.68. The van der Waals surface area contributed by atoms with Gasteiger partial charge in [-0.05, 0) is 51.4 Å². The predicted molar refractivity (Wildman–Crippen MR) is 132 cm³/mol. The van der Waals surface area contributed by atoms with Crippen LogP contribution in [0.5, 0.6) is 0 Å². The topological polar surface area (TPSA) is 78.8 Å². The third kappa shape index (κ3) is 5.60. The fraction of sp³-hybridized carbons (Fsp3) is 0.296. The number of carbonyl (C=O) groups is 1. The highest BCUT2D eigenvalue weighted by Gasteiger charge is 2.25. The Labute approximate surface area is 200 Å². The molecule has 34 heavy (non-hydrogen) atoms. The van der Waals surface area contributed by atoms with Crippen LogP contribution in [0.25, 0.3) is 11.3 Å². The van der Waals surface area contributed by atoms with Crippen molar-refractivity contribution in [1.82, 2.24) is 14.9 Å². The highest BCUT2D eigenvalue weighted by molar-refractivity contribution is 5.92. The van der Waals surface area contributed by atoms with E-state index < -0.39 is 5.97 Å². The van der Waals surface area contributed by atoms with Gasteiger partial charge in [0.1, 0.15) is 5.82 Å². The second kappa shape index (κ2) is 10.5. The molecule has 1 saturated heterocycles. The fourth-order valence-electron chi connectivity index (χ4n) is 4.01. The first-order valence-electron chi connectivity index (χ1n) is 11.2. The van der Waals surface area contributed by atoms with E-state index in [0.29, 0.717) is 36.8 Å². The van der Waals surface area contributed by atoms with Crippen LogP contribution in [-0.4, -0.2) is 72.4 Å². The molecule has 7 nitrogen and oxygen atoms in total. The van der Waals surface area contributed by atoms with Crippen molar-refractivity contribution in [2.45, 2.75) is 13.0 Å². The van der Waals surface area contributed by atoms with Crippen molar-refractivity contribution in [2.24, 2.45) is 0 Å². The van der Waals surface area contributed by atoms with E-state index in [1.807, 2.05) is 57.4 Å². The average Bonchev–Trinajstić information content (AvgIpc) is 2.83.